The fourth-order valence-corrected chi connectivity index (χ4v) is 2.90. The highest BCUT2D eigenvalue weighted by Crippen LogP contribution is 2.24. The summed E-state index contributed by atoms with van der Waals surface area (Å²) in [6, 6.07) is 9.02. The smallest absolute Gasteiger partial charge is 0.257 e. The lowest BCUT2D eigenvalue weighted by atomic mass is 10.0. The van der Waals surface area contributed by atoms with Crippen LogP contribution < -0.4 is 10.3 Å². The van der Waals surface area contributed by atoms with Crippen molar-refractivity contribution in [2.24, 2.45) is 0 Å². The summed E-state index contributed by atoms with van der Waals surface area (Å²) < 4.78 is 5.78. The number of nitrogens with one attached hydrogen (secondary N) is 1. The lowest BCUT2D eigenvalue weighted by Gasteiger charge is -2.29. The number of para-hydroxylation sites is 1. The first-order valence-corrected chi connectivity index (χ1v) is 8.40. The molecule has 5 heteroatoms. The molecule has 2 heterocycles. The highest BCUT2D eigenvalue weighted by Gasteiger charge is 2.24. The molecule has 1 aromatic heterocycles. The van der Waals surface area contributed by atoms with Gasteiger partial charge >= 0.3 is 0 Å². The van der Waals surface area contributed by atoms with Crippen LogP contribution in [0, 0.1) is 0 Å². The molecule has 1 aliphatic heterocycles. The zero-order valence-corrected chi connectivity index (χ0v) is 13.9. The van der Waals surface area contributed by atoms with Crippen molar-refractivity contribution >= 4 is 5.91 Å². The van der Waals surface area contributed by atoms with Crippen molar-refractivity contribution in [3.8, 4) is 5.75 Å². The first-order valence-electron chi connectivity index (χ1n) is 8.40. The van der Waals surface area contributed by atoms with Gasteiger partial charge in [-0.3, -0.25) is 9.59 Å². The molecule has 0 saturated heterocycles. The molecule has 24 heavy (non-hydrogen) atoms. The Labute approximate surface area is 141 Å². The zero-order valence-electron chi connectivity index (χ0n) is 13.9. The third-order valence-corrected chi connectivity index (χ3v) is 4.28. The van der Waals surface area contributed by atoms with E-state index in [9.17, 15) is 9.59 Å². The van der Waals surface area contributed by atoms with Crippen molar-refractivity contribution in [1.29, 1.82) is 0 Å². The van der Waals surface area contributed by atoms with E-state index in [1.54, 1.807) is 12.3 Å². The predicted octanol–water partition coefficient (Wildman–Crippen LogP) is 2.75. The van der Waals surface area contributed by atoms with Gasteiger partial charge in [-0.2, -0.15) is 0 Å². The van der Waals surface area contributed by atoms with Gasteiger partial charge in [-0.05, 0) is 36.1 Å². The fraction of sp³-hybridized carbons (Fsp3) is 0.368. The Balaban J connectivity index is 1.78. The third kappa shape index (κ3) is 3.50. The van der Waals surface area contributed by atoms with Crippen LogP contribution in [0.2, 0.25) is 0 Å². The molecule has 1 N–H and O–H groups in total. The van der Waals surface area contributed by atoms with Gasteiger partial charge in [0.15, 0.2) is 0 Å². The quantitative estimate of drug-likeness (QED) is 0.859. The van der Waals surface area contributed by atoms with Gasteiger partial charge in [0.1, 0.15) is 5.75 Å². The molecule has 5 nitrogen and oxygen atoms in total. The molecule has 1 amide bonds. The van der Waals surface area contributed by atoms with Crippen LogP contribution in [0.15, 0.2) is 41.3 Å². The minimum Gasteiger partial charge on any atom is -0.493 e. The number of nitrogens with zero attached hydrogens (tertiary/aromatic N) is 1. The standard InChI is InChI=1S/C19H22N2O3/c1-2-3-10-24-17-7-5-4-6-16(17)19(23)21-9-8-14-11-18(22)20-12-15(14)13-21/h4-7,11-12H,2-3,8-10,13H2,1H3,(H,20,22). The van der Waals surface area contributed by atoms with Crippen molar-refractivity contribution in [1.82, 2.24) is 9.88 Å². The molecule has 0 fully saturated rings. The normalized spacial score (nSPS) is 13.5. The molecule has 0 bridgehead atoms. The topological polar surface area (TPSA) is 62.4 Å². The Bertz CT molecular complexity index is 782. The molecule has 0 unspecified atom stereocenters. The second kappa shape index (κ2) is 7.34. The number of unbranched alkanes of at least 4 members (excludes halogenated alkanes) is 1. The van der Waals surface area contributed by atoms with E-state index < -0.39 is 0 Å². The molecule has 0 spiro atoms. The Morgan fingerprint density at radius 2 is 2.12 bits per heavy atom. The van der Waals surface area contributed by atoms with E-state index in [4.69, 9.17) is 4.74 Å². The van der Waals surface area contributed by atoms with Gasteiger partial charge in [0.05, 0.1) is 12.2 Å². The highest BCUT2D eigenvalue weighted by molar-refractivity contribution is 5.97. The molecule has 0 aliphatic carbocycles. The van der Waals surface area contributed by atoms with Crippen LogP contribution in [0.1, 0.15) is 41.3 Å². The number of aromatic amines is 1. The second-order valence-electron chi connectivity index (χ2n) is 6.02. The number of rotatable bonds is 5. The summed E-state index contributed by atoms with van der Waals surface area (Å²) in [5.41, 5.74) is 2.53. The van der Waals surface area contributed by atoms with Crippen LogP contribution in [0.4, 0.5) is 0 Å². The molecular weight excluding hydrogens is 304 g/mol. The van der Waals surface area contributed by atoms with Crippen LogP contribution in [0.5, 0.6) is 5.75 Å². The number of carbonyl (C=O) groups is 1. The predicted molar refractivity (Wildman–Crippen MR) is 92.4 cm³/mol. The molecule has 0 radical (unpaired) electrons. The summed E-state index contributed by atoms with van der Waals surface area (Å²) in [6.07, 6.45) is 4.43. The largest absolute Gasteiger partial charge is 0.493 e. The van der Waals surface area contributed by atoms with Gasteiger partial charge in [0, 0.05) is 25.4 Å². The summed E-state index contributed by atoms with van der Waals surface area (Å²) in [7, 11) is 0. The van der Waals surface area contributed by atoms with Crippen LogP contribution in [0.25, 0.3) is 0 Å². The summed E-state index contributed by atoms with van der Waals surface area (Å²) in [5, 5.41) is 0. The van der Waals surface area contributed by atoms with Gasteiger partial charge in [-0.15, -0.1) is 0 Å². The molecule has 2 aromatic rings. The Morgan fingerprint density at radius 1 is 1.29 bits per heavy atom. The van der Waals surface area contributed by atoms with E-state index in [0.29, 0.717) is 37.4 Å². The van der Waals surface area contributed by atoms with E-state index in [0.717, 1.165) is 24.0 Å². The molecule has 126 valence electrons. The Hall–Kier alpha value is -2.56. The average Bonchev–Trinajstić information content (AvgIpc) is 2.61. The molecule has 0 atom stereocenters. The first-order chi connectivity index (χ1) is 11.7. The minimum atomic E-state index is -0.0943. The fourth-order valence-electron chi connectivity index (χ4n) is 2.90. The monoisotopic (exact) mass is 326 g/mol. The second-order valence-corrected chi connectivity index (χ2v) is 6.02. The summed E-state index contributed by atoms with van der Waals surface area (Å²) >= 11 is 0. The van der Waals surface area contributed by atoms with Crippen LogP contribution in [0.3, 0.4) is 0 Å². The summed E-state index contributed by atoms with van der Waals surface area (Å²) in [6.45, 7) is 3.84. The summed E-state index contributed by atoms with van der Waals surface area (Å²) in [5.74, 6) is 0.613. The lowest BCUT2D eigenvalue weighted by molar-refractivity contribution is 0.0730. The van der Waals surface area contributed by atoms with Gasteiger partial charge in [0.2, 0.25) is 5.56 Å². The lowest BCUT2D eigenvalue weighted by Crippen LogP contribution is -2.36. The number of aromatic nitrogens is 1. The highest BCUT2D eigenvalue weighted by atomic mass is 16.5. The van der Waals surface area contributed by atoms with Gasteiger partial charge in [-0.1, -0.05) is 25.5 Å². The molecule has 3 rings (SSSR count). The Morgan fingerprint density at radius 3 is 2.96 bits per heavy atom. The van der Waals surface area contributed by atoms with Crippen molar-refractivity contribution in [3.63, 3.8) is 0 Å². The first kappa shape index (κ1) is 16.3. The van der Waals surface area contributed by atoms with E-state index in [1.807, 2.05) is 29.2 Å². The van der Waals surface area contributed by atoms with Crippen molar-refractivity contribution in [3.05, 3.63) is 63.6 Å². The van der Waals surface area contributed by atoms with E-state index in [-0.39, 0.29) is 11.5 Å². The van der Waals surface area contributed by atoms with E-state index in [1.165, 1.54) is 0 Å². The van der Waals surface area contributed by atoms with Gasteiger partial charge in [-0.25, -0.2) is 0 Å². The minimum absolute atomic E-state index is 0.0288. The Kier molecular flexibility index (Phi) is 4.99. The zero-order chi connectivity index (χ0) is 16.9. The number of hydrogen-bond acceptors (Lipinski definition) is 3. The van der Waals surface area contributed by atoms with E-state index in [2.05, 4.69) is 11.9 Å². The van der Waals surface area contributed by atoms with E-state index >= 15 is 0 Å². The number of fused-ring (bicyclic) bond motifs is 1. The average molecular weight is 326 g/mol. The third-order valence-electron chi connectivity index (χ3n) is 4.28. The van der Waals surface area contributed by atoms with Crippen molar-refractivity contribution in [2.75, 3.05) is 13.2 Å². The van der Waals surface area contributed by atoms with Crippen LogP contribution in [-0.4, -0.2) is 28.9 Å². The number of hydrogen-bond donors (Lipinski definition) is 1. The number of amides is 1. The van der Waals surface area contributed by atoms with Crippen LogP contribution in [-0.2, 0) is 13.0 Å². The SMILES string of the molecule is CCCCOc1ccccc1C(=O)N1CCc2cc(=O)[nH]cc2C1. The number of H-pyrrole nitrogens is 1. The van der Waals surface area contributed by atoms with Crippen molar-refractivity contribution < 1.29 is 9.53 Å². The summed E-state index contributed by atoms with van der Waals surface area (Å²) in [4.78, 5) is 28.8. The van der Waals surface area contributed by atoms with Crippen molar-refractivity contribution in [2.45, 2.75) is 32.7 Å². The molecule has 1 aliphatic rings. The number of pyridine rings is 1. The van der Waals surface area contributed by atoms with Gasteiger partial charge in [0.25, 0.3) is 5.91 Å². The molecule has 0 saturated carbocycles. The van der Waals surface area contributed by atoms with Gasteiger partial charge < -0.3 is 14.6 Å². The maximum atomic E-state index is 12.9. The molecule has 1 aromatic carbocycles. The number of ether oxygens (including phenoxy) is 1. The van der Waals surface area contributed by atoms with Crippen LogP contribution >= 0.6 is 0 Å². The molecular formula is C19H22N2O3. The maximum Gasteiger partial charge on any atom is 0.257 e. The maximum absolute atomic E-state index is 12.9. The number of benzene rings is 1. The number of carbonyl (C=O) groups excluding carboxylic acids is 1.